The van der Waals surface area contributed by atoms with Crippen molar-refractivity contribution in [1.82, 2.24) is 0 Å². The fourth-order valence-corrected chi connectivity index (χ4v) is 2.76. The molecule has 0 unspecified atom stereocenters. The molecule has 0 aliphatic carbocycles. The first-order chi connectivity index (χ1) is 7.11. The van der Waals surface area contributed by atoms with E-state index in [0.717, 1.165) is 0 Å². The zero-order valence-corrected chi connectivity index (χ0v) is 11.9. The molecule has 0 heteroatoms. The second-order valence-electron chi connectivity index (χ2n) is 6.99. The lowest BCUT2D eigenvalue weighted by Gasteiger charge is -2.52. The van der Waals surface area contributed by atoms with E-state index in [0.29, 0.717) is 0 Å². The molecule has 0 aliphatic rings. The molecule has 90 valence electrons. The summed E-state index contributed by atoms with van der Waals surface area (Å²) in [7, 11) is 0. The molecule has 0 heterocycles. The standard InChI is InChI=1S/C16H26/c1-14(2,3)16(7,15(4,5)6)13-11-9-8-10-12-13/h8-12H,1-7H3. The van der Waals surface area contributed by atoms with Crippen LogP contribution in [0.4, 0.5) is 0 Å². The number of hydrogen-bond acceptors (Lipinski definition) is 0. The minimum absolute atomic E-state index is 0.168. The van der Waals surface area contributed by atoms with E-state index in [-0.39, 0.29) is 16.2 Å². The van der Waals surface area contributed by atoms with Gasteiger partial charge in [0.2, 0.25) is 0 Å². The smallest absolute Gasteiger partial charge is 0.00216 e. The highest BCUT2D eigenvalue weighted by Gasteiger charge is 2.47. The third-order valence-corrected chi connectivity index (χ3v) is 4.35. The first-order valence-corrected chi connectivity index (χ1v) is 6.16. The van der Waals surface area contributed by atoms with E-state index in [1.54, 1.807) is 0 Å². The summed E-state index contributed by atoms with van der Waals surface area (Å²) >= 11 is 0. The van der Waals surface area contributed by atoms with Crippen molar-refractivity contribution in [2.24, 2.45) is 10.8 Å². The van der Waals surface area contributed by atoms with Crippen LogP contribution in [0.3, 0.4) is 0 Å². The molecule has 0 atom stereocenters. The Bertz CT molecular complexity index is 319. The van der Waals surface area contributed by atoms with Gasteiger partial charge in [0, 0.05) is 5.41 Å². The van der Waals surface area contributed by atoms with Crippen molar-refractivity contribution < 1.29 is 0 Å². The van der Waals surface area contributed by atoms with Crippen LogP contribution in [0, 0.1) is 10.8 Å². The quantitative estimate of drug-likeness (QED) is 0.619. The monoisotopic (exact) mass is 218 g/mol. The van der Waals surface area contributed by atoms with Crippen LogP contribution in [0.5, 0.6) is 0 Å². The van der Waals surface area contributed by atoms with Crippen LogP contribution in [0.15, 0.2) is 30.3 Å². The summed E-state index contributed by atoms with van der Waals surface area (Å²) < 4.78 is 0. The maximum Gasteiger partial charge on any atom is 0.00216 e. The molecule has 16 heavy (non-hydrogen) atoms. The Labute approximate surface area is 101 Å². The van der Waals surface area contributed by atoms with E-state index >= 15 is 0 Å². The maximum atomic E-state index is 2.39. The highest BCUT2D eigenvalue weighted by atomic mass is 14.5. The summed E-state index contributed by atoms with van der Waals surface area (Å²) in [5, 5.41) is 0. The van der Waals surface area contributed by atoms with Gasteiger partial charge in [-0.25, -0.2) is 0 Å². The van der Waals surface area contributed by atoms with Crippen LogP contribution >= 0.6 is 0 Å². The average Bonchev–Trinajstić information content (AvgIpc) is 2.14. The predicted octanol–water partition coefficient (Wildman–Crippen LogP) is 5.04. The number of hydrogen-bond donors (Lipinski definition) is 0. The van der Waals surface area contributed by atoms with Gasteiger partial charge in [0.15, 0.2) is 0 Å². The van der Waals surface area contributed by atoms with Crippen molar-refractivity contribution >= 4 is 0 Å². The van der Waals surface area contributed by atoms with Crippen molar-refractivity contribution in [3.63, 3.8) is 0 Å². The lowest BCUT2D eigenvalue weighted by molar-refractivity contribution is 0.0694. The molecule has 0 radical (unpaired) electrons. The van der Waals surface area contributed by atoms with Gasteiger partial charge >= 0.3 is 0 Å². The molecule has 0 saturated carbocycles. The van der Waals surface area contributed by atoms with Crippen molar-refractivity contribution in [2.45, 2.75) is 53.9 Å². The first kappa shape index (κ1) is 13.3. The van der Waals surface area contributed by atoms with Crippen molar-refractivity contribution in [2.75, 3.05) is 0 Å². The minimum Gasteiger partial charge on any atom is -0.0622 e. The SMILES string of the molecule is CC(C)(C)C(C)(c1ccccc1)C(C)(C)C. The number of benzene rings is 1. The fourth-order valence-electron chi connectivity index (χ4n) is 2.76. The average molecular weight is 218 g/mol. The zero-order chi connectivity index (χ0) is 12.6. The lowest BCUT2D eigenvalue weighted by Crippen LogP contribution is -2.47. The van der Waals surface area contributed by atoms with E-state index < -0.39 is 0 Å². The molecule has 0 saturated heterocycles. The molecule has 0 fully saturated rings. The molecule has 0 bridgehead atoms. The van der Waals surface area contributed by atoms with Crippen LogP contribution < -0.4 is 0 Å². The highest BCUT2D eigenvalue weighted by Crippen LogP contribution is 2.52. The Kier molecular flexibility index (Phi) is 3.24. The highest BCUT2D eigenvalue weighted by molar-refractivity contribution is 5.29. The van der Waals surface area contributed by atoms with Crippen LogP contribution in [0.2, 0.25) is 0 Å². The van der Waals surface area contributed by atoms with Gasteiger partial charge in [-0.15, -0.1) is 0 Å². The maximum absolute atomic E-state index is 2.39. The largest absolute Gasteiger partial charge is 0.0622 e. The van der Waals surface area contributed by atoms with Crippen LogP contribution in [-0.4, -0.2) is 0 Å². The van der Waals surface area contributed by atoms with Gasteiger partial charge in [-0.1, -0.05) is 78.8 Å². The Hall–Kier alpha value is -0.780. The van der Waals surface area contributed by atoms with E-state index in [2.05, 4.69) is 78.8 Å². The Morgan fingerprint density at radius 2 is 1.00 bits per heavy atom. The molecule has 1 aromatic rings. The van der Waals surface area contributed by atoms with Gasteiger partial charge in [0.05, 0.1) is 0 Å². The minimum atomic E-state index is 0.168. The van der Waals surface area contributed by atoms with Crippen molar-refractivity contribution in [3.05, 3.63) is 35.9 Å². The van der Waals surface area contributed by atoms with E-state index in [1.807, 2.05) is 0 Å². The second kappa shape index (κ2) is 3.91. The van der Waals surface area contributed by atoms with Crippen LogP contribution in [-0.2, 0) is 5.41 Å². The molecular formula is C16H26. The molecule has 0 N–H and O–H groups in total. The summed E-state index contributed by atoms with van der Waals surface area (Å²) in [5.41, 5.74) is 2.09. The Balaban J connectivity index is 3.39. The van der Waals surface area contributed by atoms with Crippen molar-refractivity contribution in [3.8, 4) is 0 Å². The molecule has 0 spiro atoms. The molecule has 0 aliphatic heterocycles. The fraction of sp³-hybridized carbons (Fsp3) is 0.625. The molecule has 1 aromatic carbocycles. The van der Waals surface area contributed by atoms with E-state index in [1.165, 1.54) is 5.56 Å². The number of rotatable bonds is 1. The molecule has 1 rings (SSSR count). The molecule has 0 amide bonds. The lowest BCUT2D eigenvalue weighted by atomic mass is 9.52. The van der Waals surface area contributed by atoms with Gasteiger partial charge in [-0.3, -0.25) is 0 Å². The van der Waals surface area contributed by atoms with Gasteiger partial charge < -0.3 is 0 Å². The third kappa shape index (κ3) is 2.03. The first-order valence-electron chi connectivity index (χ1n) is 6.16. The Morgan fingerprint density at radius 3 is 1.31 bits per heavy atom. The topological polar surface area (TPSA) is 0 Å². The Morgan fingerprint density at radius 1 is 0.625 bits per heavy atom. The molecular weight excluding hydrogens is 192 g/mol. The summed E-state index contributed by atoms with van der Waals surface area (Å²) in [6, 6.07) is 10.9. The molecule has 0 nitrogen and oxygen atoms in total. The van der Waals surface area contributed by atoms with Gasteiger partial charge in [-0.2, -0.15) is 0 Å². The van der Waals surface area contributed by atoms with Crippen LogP contribution in [0.1, 0.15) is 54.0 Å². The van der Waals surface area contributed by atoms with E-state index in [4.69, 9.17) is 0 Å². The predicted molar refractivity (Wildman–Crippen MR) is 72.7 cm³/mol. The summed E-state index contributed by atoms with van der Waals surface area (Å²) in [4.78, 5) is 0. The third-order valence-electron chi connectivity index (χ3n) is 4.35. The summed E-state index contributed by atoms with van der Waals surface area (Å²) in [5.74, 6) is 0. The van der Waals surface area contributed by atoms with Crippen molar-refractivity contribution in [1.29, 1.82) is 0 Å². The summed E-state index contributed by atoms with van der Waals surface area (Å²) in [6.45, 7) is 16.4. The van der Waals surface area contributed by atoms with Crippen LogP contribution in [0.25, 0.3) is 0 Å². The van der Waals surface area contributed by atoms with Gasteiger partial charge in [0.1, 0.15) is 0 Å². The normalized spacial score (nSPS) is 13.9. The molecule has 0 aromatic heterocycles. The van der Waals surface area contributed by atoms with Gasteiger partial charge in [0.25, 0.3) is 0 Å². The van der Waals surface area contributed by atoms with E-state index in [9.17, 15) is 0 Å². The summed E-state index contributed by atoms with van der Waals surface area (Å²) in [6.07, 6.45) is 0. The second-order valence-corrected chi connectivity index (χ2v) is 6.99. The van der Waals surface area contributed by atoms with Gasteiger partial charge in [-0.05, 0) is 16.4 Å². The zero-order valence-electron chi connectivity index (χ0n) is 11.9.